The number of carbonyl (C=O) groups is 2. The lowest BCUT2D eigenvalue weighted by Crippen LogP contribution is -2.54. The molecule has 1 aliphatic carbocycles. The van der Waals surface area contributed by atoms with Gasteiger partial charge in [-0.3, -0.25) is 19.9 Å². The zero-order valence-electron chi connectivity index (χ0n) is 21.9. The number of Topliss-reactive ketones (excluding diaryl/α,β-unsaturated/α-hetero) is 1. The van der Waals surface area contributed by atoms with Crippen molar-refractivity contribution in [1.29, 1.82) is 0 Å². The molecular weight excluding hydrogens is 468 g/mol. The molecule has 7 heteroatoms. The third-order valence-corrected chi connectivity index (χ3v) is 8.19. The fraction of sp³-hybridized carbons (Fsp3) is 0.467. The van der Waals surface area contributed by atoms with E-state index < -0.39 is 11.0 Å². The van der Waals surface area contributed by atoms with Crippen molar-refractivity contribution in [3.8, 4) is 11.5 Å². The van der Waals surface area contributed by atoms with E-state index in [-0.39, 0.29) is 17.8 Å². The number of hydrogen-bond donors (Lipinski definition) is 1. The minimum Gasteiger partial charge on any atom is -0.493 e. The first kappa shape index (κ1) is 25.3. The number of methoxy groups -OCH3 is 1. The number of carbonyl (C=O) groups excluding carboxylic acids is 2. The van der Waals surface area contributed by atoms with Crippen molar-refractivity contribution in [1.82, 2.24) is 10.4 Å². The maximum absolute atomic E-state index is 13.6. The van der Waals surface area contributed by atoms with E-state index in [1.807, 2.05) is 59.5 Å². The number of likely N-dealkylation sites (tertiary alicyclic amines) is 1. The maximum atomic E-state index is 13.6. The lowest BCUT2D eigenvalue weighted by atomic mass is 9.70. The molecule has 37 heavy (non-hydrogen) atoms. The van der Waals surface area contributed by atoms with Crippen LogP contribution in [0.3, 0.4) is 0 Å². The molecule has 2 aromatic rings. The first-order valence-corrected chi connectivity index (χ1v) is 13.2. The Morgan fingerprint density at radius 2 is 1.73 bits per heavy atom. The standard InChI is InChI=1S/C30H36N2O5/c1-21(33)30(23-9-5-4-6-10-23)15-17-32(18-16-30)28(34)29(2)20-25(31-37-29)22-13-14-26(35-3)27(19-22)36-24-11-7-8-12-24/h4-6,9-10,13-14,19-20,24,31H,7-8,11-12,15-18H2,1-3H3. The first-order valence-electron chi connectivity index (χ1n) is 13.2. The number of ether oxygens (including phenoxy) is 2. The van der Waals surface area contributed by atoms with Gasteiger partial charge in [0.1, 0.15) is 5.78 Å². The monoisotopic (exact) mass is 504 g/mol. The molecule has 1 atom stereocenters. The summed E-state index contributed by atoms with van der Waals surface area (Å²) < 4.78 is 11.8. The van der Waals surface area contributed by atoms with E-state index in [2.05, 4.69) is 5.48 Å². The average molecular weight is 505 g/mol. The van der Waals surface area contributed by atoms with E-state index in [0.29, 0.717) is 43.1 Å². The van der Waals surface area contributed by atoms with Crippen LogP contribution >= 0.6 is 0 Å². The summed E-state index contributed by atoms with van der Waals surface area (Å²) >= 11 is 0. The van der Waals surface area contributed by atoms with Crippen molar-refractivity contribution in [2.24, 2.45) is 0 Å². The van der Waals surface area contributed by atoms with Gasteiger partial charge in [0.15, 0.2) is 17.1 Å². The summed E-state index contributed by atoms with van der Waals surface area (Å²) in [6.07, 6.45) is 7.70. The molecule has 5 rings (SSSR count). The molecule has 0 bridgehead atoms. The van der Waals surface area contributed by atoms with Gasteiger partial charge in [-0.1, -0.05) is 30.3 Å². The zero-order valence-corrected chi connectivity index (χ0v) is 21.9. The van der Waals surface area contributed by atoms with Gasteiger partial charge in [0.25, 0.3) is 5.91 Å². The first-order chi connectivity index (χ1) is 17.8. The van der Waals surface area contributed by atoms with Crippen molar-refractivity contribution in [2.45, 2.75) is 69.5 Å². The van der Waals surface area contributed by atoms with Crippen LogP contribution in [0, 0.1) is 0 Å². The Morgan fingerprint density at radius 1 is 1.03 bits per heavy atom. The average Bonchev–Trinajstić information content (AvgIpc) is 3.59. The van der Waals surface area contributed by atoms with Crippen LogP contribution in [0.1, 0.15) is 63.5 Å². The van der Waals surface area contributed by atoms with Gasteiger partial charge in [0.05, 0.1) is 24.3 Å². The number of piperidine rings is 1. The Kier molecular flexibility index (Phi) is 6.99. The summed E-state index contributed by atoms with van der Waals surface area (Å²) in [5.74, 6) is 1.42. The largest absolute Gasteiger partial charge is 0.493 e. The molecule has 2 fully saturated rings. The van der Waals surface area contributed by atoms with Crippen LogP contribution < -0.4 is 15.0 Å². The Bertz CT molecular complexity index is 1180. The second-order valence-corrected chi connectivity index (χ2v) is 10.6. The topological polar surface area (TPSA) is 77.1 Å². The summed E-state index contributed by atoms with van der Waals surface area (Å²) in [5.41, 5.74) is 3.88. The second kappa shape index (κ2) is 10.2. The van der Waals surface area contributed by atoms with Gasteiger partial charge in [-0.2, -0.15) is 0 Å². The SMILES string of the molecule is COc1ccc(C2=CC(C)(C(=O)N3CCC(C(C)=O)(c4ccccc4)CC3)ON2)cc1OC1CCCC1. The molecule has 196 valence electrons. The van der Waals surface area contributed by atoms with Crippen LogP contribution in [0.15, 0.2) is 54.6 Å². The molecule has 1 saturated carbocycles. The smallest absolute Gasteiger partial charge is 0.261 e. The van der Waals surface area contributed by atoms with E-state index >= 15 is 0 Å². The molecule has 2 heterocycles. The molecule has 0 radical (unpaired) electrons. The summed E-state index contributed by atoms with van der Waals surface area (Å²) in [4.78, 5) is 34.0. The molecule has 2 aliphatic heterocycles. The Morgan fingerprint density at radius 3 is 2.38 bits per heavy atom. The van der Waals surface area contributed by atoms with Crippen LogP contribution in [0.2, 0.25) is 0 Å². The number of benzene rings is 2. The number of hydroxylamine groups is 1. The van der Waals surface area contributed by atoms with Gasteiger partial charge < -0.3 is 14.4 Å². The lowest BCUT2D eigenvalue weighted by molar-refractivity contribution is -0.155. The fourth-order valence-corrected chi connectivity index (χ4v) is 5.87. The number of ketones is 1. The summed E-state index contributed by atoms with van der Waals surface area (Å²) in [5, 5.41) is 0. The van der Waals surface area contributed by atoms with Gasteiger partial charge in [0, 0.05) is 18.7 Å². The maximum Gasteiger partial charge on any atom is 0.261 e. The highest BCUT2D eigenvalue weighted by molar-refractivity contribution is 5.92. The minimum absolute atomic E-state index is 0.115. The highest BCUT2D eigenvalue weighted by atomic mass is 16.7. The van der Waals surface area contributed by atoms with E-state index in [1.165, 1.54) is 12.8 Å². The summed E-state index contributed by atoms with van der Waals surface area (Å²) in [7, 11) is 1.64. The third kappa shape index (κ3) is 4.85. The second-order valence-electron chi connectivity index (χ2n) is 10.6. The number of rotatable bonds is 7. The Hall–Kier alpha value is -3.32. The molecule has 7 nitrogen and oxygen atoms in total. The molecular formula is C30H36N2O5. The predicted molar refractivity (Wildman–Crippen MR) is 141 cm³/mol. The molecule has 1 saturated heterocycles. The summed E-state index contributed by atoms with van der Waals surface area (Å²) in [6.45, 7) is 4.43. The van der Waals surface area contributed by atoms with Crippen LogP contribution in [-0.2, 0) is 19.8 Å². The molecule has 3 aliphatic rings. The van der Waals surface area contributed by atoms with Crippen molar-refractivity contribution in [2.75, 3.05) is 20.2 Å². The van der Waals surface area contributed by atoms with Gasteiger partial charge in [-0.15, -0.1) is 0 Å². The zero-order chi connectivity index (χ0) is 26.0. The van der Waals surface area contributed by atoms with Crippen LogP contribution in [0.4, 0.5) is 0 Å². The normalized spacial score (nSPS) is 23.3. The minimum atomic E-state index is -1.15. The van der Waals surface area contributed by atoms with Crippen molar-refractivity contribution < 1.29 is 23.9 Å². The summed E-state index contributed by atoms with van der Waals surface area (Å²) in [6, 6.07) is 15.7. The van der Waals surface area contributed by atoms with Gasteiger partial charge in [-0.25, -0.2) is 0 Å². The van der Waals surface area contributed by atoms with Crippen LogP contribution in [0.5, 0.6) is 11.5 Å². The van der Waals surface area contributed by atoms with Crippen LogP contribution in [0.25, 0.3) is 5.70 Å². The highest BCUT2D eigenvalue weighted by Gasteiger charge is 2.46. The molecule has 0 aromatic heterocycles. The van der Waals surface area contributed by atoms with Gasteiger partial charge in [0.2, 0.25) is 0 Å². The third-order valence-electron chi connectivity index (χ3n) is 8.19. The quantitative estimate of drug-likeness (QED) is 0.584. The van der Waals surface area contributed by atoms with Gasteiger partial charge in [-0.05, 0) is 82.2 Å². The van der Waals surface area contributed by atoms with E-state index in [0.717, 1.165) is 24.0 Å². The molecule has 2 aromatic carbocycles. The van der Waals surface area contributed by atoms with Crippen molar-refractivity contribution >= 4 is 17.4 Å². The number of nitrogens with one attached hydrogen (secondary N) is 1. The van der Waals surface area contributed by atoms with E-state index in [4.69, 9.17) is 14.3 Å². The molecule has 1 N–H and O–H groups in total. The molecule has 0 spiro atoms. The number of nitrogens with zero attached hydrogens (tertiary/aromatic N) is 1. The number of hydrogen-bond acceptors (Lipinski definition) is 6. The van der Waals surface area contributed by atoms with E-state index in [9.17, 15) is 9.59 Å². The lowest BCUT2D eigenvalue weighted by Gasteiger charge is -2.42. The van der Waals surface area contributed by atoms with Crippen LogP contribution in [-0.4, -0.2) is 48.5 Å². The Balaban J connectivity index is 1.31. The molecule has 1 amide bonds. The van der Waals surface area contributed by atoms with Crippen molar-refractivity contribution in [3.63, 3.8) is 0 Å². The highest BCUT2D eigenvalue weighted by Crippen LogP contribution is 2.39. The fourth-order valence-electron chi connectivity index (χ4n) is 5.87. The van der Waals surface area contributed by atoms with Gasteiger partial charge >= 0.3 is 0 Å². The Labute approximate surface area is 218 Å². The number of amides is 1. The van der Waals surface area contributed by atoms with Crippen molar-refractivity contribution in [3.05, 3.63) is 65.7 Å². The molecule has 1 unspecified atom stereocenters. The predicted octanol–water partition coefficient (Wildman–Crippen LogP) is 4.80. The van der Waals surface area contributed by atoms with E-state index in [1.54, 1.807) is 21.0 Å².